The lowest BCUT2D eigenvalue weighted by atomic mass is 10.0. The monoisotopic (exact) mass is 299 g/mol. The molecule has 1 fully saturated rings. The van der Waals surface area contributed by atoms with Crippen LogP contribution in [-0.2, 0) is 9.47 Å². The van der Waals surface area contributed by atoms with Crippen LogP contribution in [0, 0.1) is 0 Å². The summed E-state index contributed by atoms with van der Waals surface area (Å²) in [4.78, 5) is 4.37. The van der Waals surface area contributed by atoms with Gasteiger partial charge < -0.3 is 14.6 Å². The van der Waals surface area contributed by atoms with Crippen molar-refractivity contribution in [2.45, 2.75) is 18.9 Å². The molecule has 4 heteroatoms. The lowest BCUT2D eigenvalue weighted by Gasteiger charge is -2.08. The van der Waals surface area contributed by atoms with Crippen molar-refractivity contribution in [1.82, 2.24) is 0 Å². The Hall–Kier alpha value is -1.91. The number of aromatic hydroxyl groups is 1. The standard InChI is InChI=1S/C18H21NO3/c20-18-8-7-14-4-1-2-6-16(14)17(18)12-19-9-11-21-13-15-5-3-10-22-15/h1-2,4,6-8,12,15,20H,3,5,9-11,13H2. The number of fused-ring (bicyclic) bond motifs is 1. The van der Waals surface area contributed by atoms with Crippen molar-refractivity contribution >= 4 is 17.0 Å². The Morgan fingerprint density at radius 3 is 3.05 bits per heavy atom. The highest BCUT2D eigenvalue weighted by atomic mass is 16.5. The van der Waals surface area contributed by atoms with Gasteiger partial charge in [0.2, 0.25) is 0 Å². The number of rotatable bonds is 6. The number of phenolic OH excluding ortho intramolecular Hbond substituents is 1. The zero-order valence-corrected chi connectivity index (χ0v) is 12.6. The van der Waals surface area contributed by atoms with Crippen molar-refractivity contribution in [1.29, 1.82) is 0 Å². The first-order valence-corrected chi connectivity index (χ1v) is 7.74. The minimum Gasteiger partial charge on any atom is -0.507 e. The normalized spacial score (nSPS) is 18.5. The summed E-state index contributed by atoms with van der Waals surface area (Å²) in [6, 6.07) is 11.6. The molecule has 0 bridgehead atoms. The molecular weight excluding hydrogens is 278 g/mol. The van der Waals surface area contributed by atoms with E-state index in [-0.39, 0.29) is 11.9 Å². The molecule has 0 saturated carbocycles. The minimum absolute atomic E-state index is 0.253. The molecule has 2 aromatic carbocycles. The number of hydrogen-bond acceptors (Lipinski definition) is 4. The molecule has 1 atom stereocenters. The summed E-state index contributed by atoms with van der Waals surface area (Å²) in [7, 11) is 0. The molecular formula is C18H21NO3. The van der Waals surface area contributed by atoms with E-state index < -0.39 is 0 Å². The van der Waals surface area contributed by atoms with Crippen LogP contribution in [0.5, 0.6) is 5.75 Å². The molecule has 1 unspecified atom stereocenters. The average molecular weight is 299 g/mol. The summed E-state index contributed by atoms with van der Waals surface area (Å²) in [5.41, 5.74) is 0.761. The zero-order chi connectivity index (χ0) is 15.2. The Balaban J connectivity index is 1.55. The molecule has 1 N–H and O–H groups in total. The third-order valence-corrected chi connectivity index (χ3v) is 3.86. The van der Waals surface area contributed by atoms with Crippen LogP contribution in [0.2, 0.25) is 0 Å². The first-order chi connectivity index (χ1) is 10.8. The first-order valence-electron chi connectivity index (χ1n) is 7.74. The number of phenols is 1. The smallest absolute Gasteiger partial charge is 0.124 e. The van der Waals surface area contributed by atoms with Crippen molar-refractivity contribution in [3.63, 3.8) is 0 Å². The Labute approximate surface area is 130 Å². The summed E-state index contributed by atoms with van der Waals surface area (Å²) >= 11 is 0. The SMILES string of the molecule is Oc1ccc2ccccc2c1C=NCCOCC1CCCO1. The second kappa shape index (κ2) is 7.38. The molecule has 0 aliphatic carbocycles. The van der Waals surface area contributed by atoms with Gasteiger partial charge in [0.05, 0.1) is 25.9 Å². The number of ether oxygens (including phenoxy) is 2. The van der Waals surface area contributed by atoms with E-state index in [9.17, 15) is 5.11 Å². The summed E-state index contributed by atoms with van der Waals surface area (Å²) < 4.78 is 11.1. The highest BCUT2D eigenvalue weighted by molar-refractivity contribution is 6.02. The van der Waals surface area contributed by atoms with E-state index in [0.29, 0.717) is 19.8 Å². The van der Waals surface area contributed by atoms with Gasteiger partial charge in [-0.05, 0) is 29.7 Å². The first kappa shape index (κ1) is 15.0. The van der Waals surface area contributed by atoms with E-state index >= 15 is 0 Å². The van der Waals surface area contributed by atoms with Crippen molar-refractivity contribution in [3.05, 3.63) is 42.0 Å². The van der Waals surface area contributed by atoms with E-state index in [4.69, 9.17) is 9.47 Å². The highest BCUT2D eigenvalue weighted by Gasteiger charge is 2.14. The number of hydrogen-bond donors (Lipinski definition) is 1. The fraction of sp³-hybridized carbons (Fsp3) is 0.389. The van der Waals surface area contributed by atoms with Gasteiger partial charge in [0, 0.05) is 18.4 Å². The molecule has 1 aliphatic rings. The Bertz CT molecular complexity index is 648. The van der Waals surface area contributed by atoms with E-state index in [1.807, 2.05) is 30.3 Å². The molecule has 0 radical (unpaired) electrons. The van der Waals surface area contributed by atoms with Crippen LogP contribution in [0.1, 0.15) is 18.4 Å². The molecule has 1 aliphatic heterocycles. The average Bonchev–Trinajstić information content (AvgIpc) is 3.06. The topological polar surface area (TPSA) is 51.1 Å². The predicted molar refractivity (Wildman–Crippen MR) is 87.9 cm³/mol. The minimum atomic E-state index is 0.253. The Kier molecular flexibility index (Phi) is 5.03. The number of benzene rings is 2. The predicted octanol–water partition coefficient (Wildman–Crippen LogP) is 3.16. The van der Waals surface area contributed by atoms with Gasteiger partial charge in [-0.25, -0.2) is 0 Å². The quantitative estimate of drug-likeness (QED) is 0.658. The fourth-order valence-electron chi connectivity index (χ4n) is 2.68. The van der Waals surface area contributed by atoms with Gasteiger partial charge in [0.25, 0.3) is 0 Å². The molecule has 4 nitrogen and oxygen atoms in total. The second-order valence-electron chi connectivity index (χ2n) is 5.46. The van der Waals surface area contributed by atoms with E-state index in [0.717, 1.165) is 35.8 Å². The molecule has 3 rings (SSSR count). The van der Waals surface area contributed by atoms with Crippen LogP contribution < -0.4 is 0 Å². The van der Waals surface area contributed by atoms with E-state index in [1.165, 1.54) is 0 Å². The fourth-order valence-corrected chi connectivity index (χ4v) is 2.68. The van der Waals surface area contributed by atoms with Crippen LogP contribution in [-0.4, -0.2) is 43.8 Å². The van der Waals surface area contributed by atoms with Gasteiger partial charge in [0.15, 0.2) is 0 Å². The van der Waals surface area contributed by atoms with Crippen LogP contribution in [0.3, 0.4) is 0 Å². The summed E-state index contributed by atoms with van der Waals surface area (Å²) in [6.07, 6.45) is 4.21. The Morgan fingerprint density at radius 1 is 1.27 bits per heavy atom. The molecule has 2 aromatic rings. The maximum Gasteiger partial charge on any atom is 0.124 e. The third-order valence-electron chi connectivity index (χ3n) is 3.86. The van der Waals surface area contributed by atoms with E-state index in [2.05, 4.69) is 4.99 Å². The lowest BCUT2D eigenvalue weighted by Crippen LogP contribution is -2.15. The molecule has 0 spiro atoms. The molecule has 22 heavy (non-hydrogen) atoms. The number of nitrogens with zero attached hydrogens (tertiary/aromatic N) is 1. The maximum atomic E-state index is 10.0. The van der Waals surface area contributed by atoms with Gasteiger partial charge in [-0.2, -0.15) is 0 Å². The molecule has 116 valence electrons. The summed E-state index contributed by atoms with van der Waals surface area (Å²) in [5, 5.41) is 12.1. The van der Waals surface area contributed by atoms with Crippen molar-refractivity contribution in [2.24, 2.45) is 4.99 Å². The number of aliphatic imine (C=N–C) groups is 1. The van der Waals surface area contributed by atoms with Crippen LogP contribution in [0.25, 0.3) is 10.8 Å². The third kappa shape index (κ3) is 3.64. The molecule has 0 amide bonds. The van der Waals surface area contributed by atoms with Crippen molar-refractivity contribution < 1.29 is 14.6 Å². The zero-order valence-electron chi connectivity index (χ0n) is 12.6. The Morgan fingerprint density at radius 2 is 2.18 bits per heavy atom. The van der Waals surface area contributed by atoms with Crippen LogP contribution in [0.15, 0.2) is 41.4 Å². The summed E-state index contributed by atoms with van der Waals surface area (Å²) in [5.74, 6) is 0.253. The van der Waals surface area contributed by atoms with Crippen molar-refractivity contribution in [2.75, 3.05) is 26.4 Å². The van der Waals surface area contributed by atoms with Gasteiger partial charge in [-0.1, -0.05) is 30.3 Å². The van der Waals surface area contributed by atoms with E-state index in [1.54, 1.807) is 12.3 Å². The maximum absolute atomic E-state index is 10.0. The second-order valence-corrected chi connectivity index (χ2v) is 5.46. The van der Waals surface area contributed by atoms with Gasteiger partial charge in [-0.3, -0.25) is 4.99 Å². The highest BCUT2D eigenvalue weighted by Crippen LogP contribution is 2.25. The lowest BCUT2D eigenvalue weighted by molar-refractivity contribution is 0.0200. The summed E-state index contributed by atoms with van der Waals surface area (Å²) in [6.45, 7) is 2.65. The van der Waals surface area contributed by atoms with Gasteiger partial charge in [-0.15, -0.1) is 0 Å². The van der Waals surface area contributed by atoms with Gasteiger partial charge >= 0.3 is 0 Å². The van der Waals surface area contributed by atoms with Gasteiger partial charge in [0.1, 0.15) is 5.75 Å². The largest absolute Gasteiger partial charge is 0.507 e. The molecule has 1 saturated heterocycles. The van der Waals surface area contributed by atoms with Crippen LogP contribution >= 0.6 is 0 Å². The molecule has 1 heterocycles. The van der Waals surface area contributed by atoms with Crippen molar-refractivity contribution in [3.8, 4) is 5.75 Å². The molecule has 0 aromatic heterocycles. The van der Waals surface area contributed by atoms with Crippen LogP contribution in [0.4, 0.5) is 0 Å².